The monoisotopic (exact) mass is 643 g/mol. The lowest BCUT2D eigenvalue weighted by molar-refractivity contribution is 0.314. The lowest BCUT2D eigenvalue weighted by Gasteiger charge is -2.21. The zero-order valence-corrected chi connectivity index (χ0v) is 27.3. The Hall–Kier alpha value is -5.98. The number of para-hydroxylation sites is 3. The fraction of sp³-hybridized carbons (Fsp3) is 0.0667. The molecule has 2 fully saturated rings. The lowest BCUT2D eigenvalue weighted by Crippen LogP contribution is -2.27. The van der Waals surface area contributed by atoms with E-state index in [9.17, 15) is 0 Å². The standard InChI is InChI=1S/C45H33N5/c1-3-13-30(14-4-1)43-46-44(50-45(49(43)50)32-15-5-2-6-16-32)31-23-25-33(26-24-31)47-41-22-12-9-19-37(41)38-29-34(27-28-42(38)47)48-39-20-10-7-17-35(39)36-18-8-11-21-40(36)48/h1-29,43-46H. The van der Waals surface area contributed by atoms with Crippen LogP contribution in [0, 0.1) is 0 Å². The highest BCUT2D eigenvalue weighted by Gasteiger charge is 2.60. The Morgan fingerprint density at radius 1 is 0.340 bits per heavy atom. The Balaban J connectivity index is 1.00. The fourth-order valence-corrected chi connectivity index (χ4v) is 8.50. The number of benzene rings is 7. The van der Waals surface area contributed by atoms with E-state index in [4.69, 9.17) is 0 Å². The van der Waals surface area contributed by atoms with Crippen LogP contribution in [0.25, 0.3) is 55.0 Å². The highest BCUT2D eigenvalue weighted by atomic mass is 15.9. The Bertz CT molecular complexity index is 2660. The predicted molar refractivity (Wildman–Crippen MR) is 203 cm³/mol. The molecular formula is C45H33N5. The van der Waals surface area contributed by atoms with E-state index in [0.29, 0.717) is 0 Å². The molecule has 0 bridgehead atoms. The number of hydrogen-bond acceptors (Lipinski definition) is 3. The minimum atomic E-state index is 0.0754. The maximum absolute atomic E-state index is 3.92. The molecule has 0 saturated carbocycles. The van der Waals surface area contributed by atoms with Crippen LogP contribution in [0.4, 0.5) is 0 Å². The normalized spacial score (nSPS) is 21.3. The van der Waals surface area contributed by atoms with Gasteiger partial charge in [0, 0.05) is 32.9 Å². The van der Waals surface area contributed by atoms with E-state index < -0.39 is 0 Å². The third-order valence-electron chi connectivity index (χ3n) is 10.7. The topological polar surface area (TPSA) is 27.9 Å². The van der Waals surface area contributed by atoms with Gasteiger partial charge in [0.1, 0.15) is 18.5 Å². The van der Waals surface area contributed by atoms with Crippen LogP contribution in [0.3, 0.4) is 0 Å². The summed E-state index contributed by atoms with van der Waals surface area (Å²) >= 11 is 0. The van der Waals surface area contributed by atoms with E-state index in [0.717, 1.165) is 5.69 Å². The van der Waals surface area contributed by atoms with Crippen LogP contribution in [-0.2, 0) is 0 Å². The van der Waals surface area contributed by atoms with Crippen molar-refractivity contribution in [1.29, 1.82) is 0 Å². The molecule has 5 atom stereocenters. The Morgan fingerprint density at radius 2 is 0.760 bits per heavy atom. The molecule has 5 unspecified atom stereocenters. The number of hydrazine groups is 1. The Labute approximate surface area is 289 Å². The Kier molecular flexibility index (Phi) is 6.01. The molecule has 5 nitrogen and oxygen atoms in total. The molecule has 9 aromatic rings. The molecule has 2 aliphatic heterocycles. The molecule has 2 aliphatic rings. The fourth-order valence-electron chi connectivity index (χ4n) is 8.50. The predicted octanol–water partition coefficient (Wildman–Crippen LogP) is 10.4. The first-order valence-electron chi connectivity index (χ1n) is 17.4. The molecule has 0 amide bonds. The van der Waals surface area contributed by atoms with Gasteiger partial charge in [0.05, 0.1) is 22.1 Å². The number of nitrogens with zero attached hydrogens (tertiary/aromatic N) is 4. The van der Waals surface area contributed by atoms with Crippen molar-refractivity contribution in [2.75, 3.05) is 0 Å². The van der Waals surface area contributed by atoms with Crippen molar-refractivity contribution in [3.63, 3.8) is 0 Å². The summed E-state index contributed by atoms with van der Waals surface area (Å²) in [7, 11) is 0. The van der Waals surface area contributed by atoms with Gasteiger partial charge in [0.25, 0.3) is 0 Å². The minimum Gasteiger partial charge on any atom is -0.309 e. The van der Waals surface area contributed by atoms with E-state index in [1.54, 1.807) is 0 Å². The zero-order chi connectivity index (χ0) is 32.8. The summed E-state index contributed by atoms with van der Waals surface area (Å²) in [6, 6.07) is 63.9. The summed E-state index contributed by atoms with van der Waals surface area (Å²) in [5, 5.41) is 13.9. The molecule has 11 rings (SSSR count). The summed E-state index contributed by atoms with van der Waals surface area (Å²) < 4.78 is 4.82. The van der Waals surface area contributed by atoms with Crippen LogP contribution in [0.1, 0.15) is 35.2 Å². The van der Waals surface area contributed by atoms with Gasteiger partial charge in [-0.2, -0.15) is 10.0 Å². The van der Waals surface area contributed by atoms with E-state index in [1.165, 1.54) is 66.0 Å². The average Bonchev–Trinajstić information content (AvgIpc) is 3.46. The largest absolute Gasteiger partial charge is 0.309 e. The summed E-state index contributed by atoms with van der Waals surface area (Å²) in [6.45, 7) is 0. The van der Waals surface area contributed by atoms with Gasteiger partial charge < -0.3 is 9.13 Å². The Morgan fingerprint density at radius 3 is 1.34 bits per heavy atom. The highest BCUT2D eigenvalue weighted by molar-refractivity contribution is 6.12. The molecule has 5 heteroatoms. The zero-order valence-electron chi connectivity index (χ0n) is 27.3. The molecule has 1 N–H and O–H groups in total. The second kappa shape index (κ2) is 10.8. The van der Waals surface area contributed by atoms with Crippen LogP contribution < -0.4 is 5.32 Å². The van der Waals surface area contributed by atoms with Gasteiger partial charge >= 0.3 is 0 Å². The first-order valence-corrected chi connectivity index (χ1v) is 17.4. The number of fused-ring (bicyclic) bond motifs is 7. The van der Waals surface area contributed by atoms with Crippen LogP contribution in [0.2, 0.25) is 0 Å². The summed E-state index contributed by atoms with van der Waals surface area (Å²) in [4.78, 5) is 0. The number of nitrogens with one attached hydrogen (secondary N) is 1. The molecule has 2 aromatic heterocycles. The van der Waals surface area contributed by atoms with E-state index >= 15 is 0 Å². The second-order valence-corrected chi connectivity index (χ2v) is 13.4. The van der Waals surface area contributed by atoms with Crippen molar-refractivity contribution in [2.45, 2.75) is 18.5 Å². The highest BCUT2D eigenvalue weighted by Crippen LogP contribution is 2.56. The molecule has 50 heavy (non-hydrogen) atoms. The quantitative estimate of drug-likeness (QED) is 0.189. The van der Waals surface area contributed by atoms with Crippen molar-refractivity contribution in [3.05, 3.63) is 193 Å². The minimum absolute atomic E-state index is 0.0754. The van der Waals surface area contributed by atoms with Gasteiger partial charge in [-0.05, 0) is 65.2 Å². The molecular weight excluding hydrogens is 611 g/mol. The van der Waals surface area contributed by atoms with Gasteiger partial charge in [0.2, 0.25) is 0 Å². The van der Waals surface area contributed by atoms with Gasteiger partial charge in [0.15, 0.2) is 0 Å². The molecule has 7 aromatic carbocycles. The molecule has 0 radical (unpaired) electrons. The number of rotatable bonds is 5. The SMILES string of the molecule is c1ccc(C2NC(c3ccc(-n4c5ccccc5c5cc(-n6c7ccccc7c7ccccc76)ccc54)cc3)N3C(c4ccccc4)N23)cc1. The molecule has 0 aliphatic carbocycles. The van der Waals surface area contributed by atoms with Gasteiger partial charge in [-0.15, -0.1) is 0 Å². The summed E-state index contributed by atoms with van der Waals surface area (Å²) in [6.07, 6.45) is 0.437. The number of hydrogen-bond donors (Lipinski definition) is 1. The van der Waals surface area contributed by atoms with Crippen molar-refractivity contribution < 1.29 is 0 Å². The van der Waals surface area contributed by atoms with Crippen molar-refractivity contribution >= 4 is 43.6 Å². The third-order valence-corrected chi connectivity index (χ3v) is 10.7. The molecule has 4 heterocycles. The van der Waals surface area contributed by atoms with E-state index in [2.05, 4.69) is 200 Å². The van der Waals surface area contributed by atoms with Crippen molar-refractivity contribution in [2.24, 2.45) is 0 Å². The van der Waals surface area contributed by atoms with E-state index in [-0.39, 0.29) is 18.5 Å². The lowest BCUT2D eigenvalue weighted by atomic mass is 10.1. The van der Waals surface area contributed by atoms with Crippen LogP contribution in [-0.4, -0.2) is 19.2 Å². The third kappa shape index (κ3) is 4.06. The van der Waals surface area contributed by atoms with Crippen LogP contribution >= 0.6 is 0 Å². The molecule has 238 valence electrons. The smallest absolute Gasteiger partial charge is 0.119 e. The van der Waals surface area contributed by atoms with E-state index in [1.807, 2.05) is 0 Å². The van der Waals surface area contributed by atoms with Gasteiger partial charge in [-0.1, -0.05) is 127 Å². The number of aromatic nitrogens is 2. The average molecular weight is 644 g/mol. The summed E-state index contributed by atoms with van der Waals surface area (Å²) in [5.74, 6) is 0. The van der Waals surface area contributed by atoms with Crippen molar-refractivity contribution in [1.82, 2.24) is 24.5 Å². The molecule has 2 saturated heterocycles. The first kappa shape index (κ1) is 27.9. The summed E-state index contributed by atoms with van der Waals surface area (Å²) in [5.41, 5.74) is 11.0. The molecule has 0 spiro atoms. The van der Waals surface area contributed by atoms with Gasteiger partial charge in [-0.25, -0.2) is 0 Å². The van der Waals surface area contributed by atoms with Crippen LogP contribution in [0.15, 0.2) is 176 Å². The maximum atomic E-state index is 3.92. The maximum Gasteiger partial charge on any atom is 0.119 e. The van der Waals surface area contributed by atoms with Crippen molar-refractivity contribution in [3.8, 4) is 11.4 Å². The van der Waals surface area contributed by atoms with Crippen LogP contribution in [0.5, 0.6) is 0 Å². The second-order valence-electron chi connectivity index (χ2n) is 13.4. The van der Waals surface area contributed by atoms with Gasteiger partial charge in [-0.3, -0.25) is 5.32 Å². The first-order chi connectivity index (χ1) is 24.8.